The van der Waals surface area contributed by atoms with Gasteiger partial charge >= 0.3 is 0 Å². The van der Waals surface area contributed by atoms with Gasteiger partial charge in [-0.15, -0.1) is 0 Å². The van der Waals surface area contributed by atoms with Crippen molar-refractivity contribution >= 4 is 15.6 Å². The second-order valence-electron chi connectivity index (χ2n) is 5.27. The summed E-state index contributed by atoms with van der Waals surface area (Å²) in [6, 6.07) is 0. The van der Waals surface area contributed by atoms with Gasteiger partial charge in [-0.05, 0) is 24.3 Å². The second-order valence-corrected chi connectivity index (χ2v) is 7.75. The average Bonchev–Trinajstić information content (AvgIpc) is 2.12. The monoisotopic (exact) mass is 244 g/mol. The SMILES string of the molecule is CCS(=O)(=O)CCC1=CC(=O)CC(C)(C)C1. The zero-order valence-corrected chi connectivity index (χ0v) is 11.1. The summed E-state index contributed by atoms with van der Waals surface area (Å²) in [5, 5.41) is 0. The Morgan fingerprint density at radius 2 is 1.94 bits per heavy atom. The van der Waals surface area contributed by atoms with Gasteiger partial charge < -0.3 is 0 Å². The van der Waals surface area contributed by atoms with Crippen molar-refractivity contribution in [2.75, 3.05) is 11.5 Å². The van der Waals surface area contributed by atoms with Gasteiger partial charge in [0.1, 0.15) is 9.84 Å². The first-order chi connectivity index (χ1) is 7.24. The molecule has 1 aliphatic rings. The summed E-state index contributed by atoms with van der Waals surface area (Å²) < 4.78 is 22.7. The Kier molecular flexibility index (Phi) is 3.94. The number of ketones is 1. The molecule has 0 aromatic carbocycles. The van der Waals surface area contributed by atoms with E-state index in [0.717, 1.165) is 12.0 Å². The Morgan fingerprint density at radius 3 is 2.44 bits per heavy atom. The van der Waals surface area contributed by atoms with Crippen LogP contribution in [0.2, 0.25) is 0 Å². The highest BCUT2D eigenvalue weighted by Gasteiger charge is 2.27. The lowest BCUT2D eigenvalue weighted by atomic mass is 9.76. The Hall–Kier alpha value is -0.640. The minimum absolute atomic E-state index is 0.0167. The normalized spacial score (nSPS) is 20.7. The maximum Gasteiger partial charge on any atom is 0.156 e. The molecular formula is C12H20O3S. The van der Waals surface area contributed by atoms with Crippen molar-refractivity contribution in [2.45, 2.75) is 40.0 Å². The number of hydrogen-bond acceptors (Lipinski definition) is 3. The van der Waals surface area contributed by atoms with Gasteiger partial charge in [0.05, 0.1) is 5.75 Å². The standard InChI is InChI=1S/C12H20O3S/c1-4-16(14,15)6-5-10-7-11(13)9-12(2,3)8-10/h7H,4-6,8-9H2,1-3H3. The summed E-state index contributed by atoms with van der Waals surface area (Å²) in [5.41, 5.74) is 0.968. The predicted molar refractivity (Wildman–Crippen MR) is 65.0 cm³/mol. The van der Waals surface area contributed by atoms with Gasteiger partial charge in [-0.3, -0.25) is 4.79 Å². The number of carbonyl (C=O) groups is 1. The maximum absolute atomic E-state index is 11.5. The van der Waals surface area contributed by atoms with Crippen molar-refractivity contribution < 1.29 is 13.2 Å². The van der Waals surface area contributed by atoms with Gasteiger partial charge in [0.25, 0.3) is 0 Å². The average molecular weight is 244 g/mol. The molecule has 0 fully saturated rings. The lowest BCUT2D eigenvalue weighted by molar-refractivity contribution is -0.117. The van der Waals surface area contributed by atoms with Gasteiger partial charge in [0.15, 0.2) is 5.78 Å². The first-order valence-electron chi connectivity index (χ1n) is 5.67. The van der Waals surface area contributed by atoms with Crippen molar-refractivity contribution in [3.8, 4) is 0 Å². The van der Waals surface area contributed by atoms with E-state index >= 15 is 0 Å². The molecule has 92 valence electrons. The molecule has 3 nitrogen and oxygen atoms in total. The largest absolute Gasteiger partial charge is 0.295 e. The van der Waals surface area contributed by atoms with Crippen LogP contribution in [0.5, 0.6) is 0 Å². The van der Waals surface area contributed by atoms with E-state index in [4.69, 9.17) is 0 Å². The molecule has 0 atom stereocenters. The molecule has 0 unspecified atom stereocenters. The molecule has 1 aliphatic carbocycles. The molecule has 0 amide bonds. The maximum atomic E-state index is 11.5. The van der Waals surface area contributed by atoms with E-state index in [-0.39, 0.29) is 22.7 Å². The third kappa shape index (κ3) is 4.08. The molecule has 0 aromatic heterocycles. The minimum Gasteiger partial charge on any atom is -0.295 e. The third-order valence-electron chi connectivity index (χ3n) is 2.90. The van der Waals surface area contributed by atoms with Gasteiger partial charge in [-0.25, -0.2) is 8.42 Å². The molecule has 0 heterocycles. The molecule has 0 aromatic rings. The first-order valence-corrected chi connectivity index (χ1v) is 7.49. The van der Waals surface area contributed by atoms with E-state index in [1.165, 1.54) is 0 Å². The fourth-order valence-corrected chi connectivity index (χ4v) is 2.93. The summed E-state index contributed by atoms with van der Waals surface area (Å²) >= 11 is 0. The van der Waals surface area contributed by atoms with Crippen LogP contribution in [-0.2, 0) is 14.6 Å². The molecular weight excluding hydrogens is 224 g/mol. The van der Waals surface area contributed by atoms with Gasteiger partial charge in [-0.1, -0.05) is 26.3 Å². The van der Waals surface area contributed by atoms with Crippen molar-refractivity contribution in [1.29, 1.82) is 0 Å². The fourth-order valence-electron chi connectivity index (χ4n) is 2.07. The zero-order chi connectivity index (χ0) is 12.4. The number of hydrogen-bond donors (Lipinski definition) is 0. The van der Waals surface area contributed by atoms with Crippen LogP contribution >= 0.6 is 0 Å². The highest BCUT2D eigenvalue weighted by molar-refractivity contribution is 7.91. The van der Waals surface area contributed by atoms with Crippen molar-refractivity contribution in [2.24, 2.45) is 5.41 Å². The van der Waals surface area contributed by atoms with Crippen molar-refractivity contribution in [1.82, 2.24) is 0 Å². The molecule has 0 saturated heterocycles. The fraction of sp³-hybridized carbons (Fsp3) is 0.750. The van der Waals surface area contributed by atoms with Crippen LogP contribution in [0.15, 0.2) is 11.6 Å². The van der Waals surface area contributed by atoms with E-state index in [2.05, 4.69) is 0 Å². The summed E-state index contributed by atoms with van der Waals surface area (Å²) in [4.78, 5) is 11.5. The lowest BCUT2D eigenvalue weighted by Gasteiger charge is -2.28. The van der Waals surface area contributed by atoms with Crippen molar-refractivity contribution in [3.63, 3.8) is 0 Å². The predicted octanol–water partition coefficient (Wildman–Crippen LogP) is 2.13. The van der Waals surface area contributed by atoms with Gasteiger partial charge in [-0.2, -0.15) is 0 Å². The molecule has 0 spiro atoms. The summed E-state index contributed by atoms with van der Waals surface area (Å²) in [5.74, 6) is 0.469. The highest BCUT2D eigenvalue weighted by Crippen LogP contribution is 2.34. The van der Waals surface area contributed by atoms with Crippen LogP contribution < -0.4 is 0 Å². The molecule has 0 N–H and O–H groups in total. The van der Waals surface area contributed by atoms with Gasteiger partial charge in [0.2, 0.25) is 0 Å². The Morgan fingerprint density at radius 1 is 1.31 bits per heavy atom. The topological polar surface area (TPSA) is 51.2 Å². The Bertz CT molecular complexity index is 402. The van der Waals surface area contributed by atoms with Crippen LogP contribution in [0.25, 0.3) is 0 Å². The molecule has 0 bridgehead atoms. The molecule has 0 radical (unpaired) electrons. The number of sulfone groups is 1. The lowest BCUT2D eigenvalue weighted by Crippen LogP contribution is -2.23. The van der Waals surface area contributed by atoms with Crippen LogP contribution in [0, 0.1) is 5.41 Å². The molecule has 0 saturated carbocycles. The quantitative estimate of drug-likeness (QED) is 0.761. The van der Waals surface area contributed by atoms with E-state index in [0.29, 0.717) is 12.8 Å². The number of allylic oxidation sites excluding steroid dienone is 2. The Balaban J connectivity index is 2.65. The smallest absolute Gasteiger partial charge is 0.156 e. The van der Waals surface area contributed by atoms with Crippen LogP contribution in [0.4, 0.5) is 0 Å². The van der Waals surface area contributed by atoms with Crippen LogP contribution in [0.1, 0.15) is 40.0 Å². The minimum atomic E-state index is -2.93. The van der Waals surface area contributed by atoms with E-state index in [1.54, 1.807) is 13.0 Å². The summed E-state index contributed by atoms with van der Waals surface area (Å²) in [6.45, 7) is 5.75. The van der Waals surface area contributed by atoms with E-state index < -0.39 is 9.84 Å². The molecule has 4 heteroatoms. The third-order valence-corrected chi connectivity index (χ3v) is 4.60. The van der Waals surface area contributed by atoms with E-state index in [9.17, 15) is 13.2 Å². The number of rotatable bonds is 4. The van der Waals surface area contributed by atoms with Crippen molar-refractivity contribution in [3.05, 3.63) is 11.6 Å². The van der Waals surface area contributed by atoms with Crippen LogP contribution in [-0.4, -0.2) is 25.7 Å². The molecule has 16 heavy (non-hydrogen) atoms. The summed E-state index contributed by atoms with van der Waals surface area (Å²) in [6.07, 6.45) is 3.54. The van der Waals surface area contributed by atoms with Gasteiger partial charge in [0, 0.05) is 12.2 Å². The molecule has 0 aliphatic heterocycles. The Labute approximate surface area is 97.8 Å². The molecule has 1 rings (SSSR count). The zero-order valence-electron chi connectivity index (χ0n) is 10.2. The van der Waals surface area contributed by atoms with E-state index in [1.807, 2.05) is 13.8 Å². The number of carbonyl (C=O) groups excluding carboxylic acids is 1. The first kappa shape index (κ1) is 13.4. The van der Waals surface area contributed by atoms with Crippen LogP contribution in [0.3, 0.4) is 0 Å². The summed E-state index contributed by atoms with van der Waals surface area (Å²) in [7, 11) is -2.93. The second kappa shape index (κ2) is 4.70. The highest BCUT2D eigenvalue weighted by atomic mass is 32.2.